The van der Waals surface area contributed by atoms with Crippen molar-refractivity contribution >= 4 is 33.4 Å². The maximum atomic E-state index is 12.6. The first-order valence-electron chi connectivity index (χ1n) is 9.89. The summed E-state index contributed by atoms with van der Waals surface area (Å²) in [5.41, 5.74) is 1.01. The monoisotopic (exact) mass is 405 g/mol. The molecule has 2 aromatic rings. The average Bonchev–Trinajstić information content (AvgIpc) is 3.01. The molecular weight excluding hydrogens is 378 g/mol. The zero-order valence-corrected chi connectivity index (χ0v) is 17.4. The van der Waals surface area contributed by atoms with Crippen LogP contribution in [0, 0.1) is 5.92 Å². The number of nitrogens with zero attached hydrogens (tertiary/aromatic N) is 1. The number of rotatable bonds is 7. The minimum absolute atomic E-state index is 0.0575. The largest absolute Gasteiger partial charge is 0.453 e. The summed E-state index contributed by atoms with van der Waals surface area (Å²) in [7, 11) is 0. The average molecular weight is 406 g/mol. The van der Waals surface area contributed by atoms with Gasteiger partial charge < -0.3 is 15.0 Å². The number of esters is 1. The molecule has 0 fully saturated rings. The molecule has 1 amide bonds. The number of carbonyl (C=O) groups excluding carboxylic acids is 2. The maximum absolute atomic E-state index is 12.6. The third-order valence-electron chi connectivity index (χ3n) is 5.01. The summed E-state index contributed by atoms with van der Waals surface area (Å²) in [4.78, 5) is 45.8. The van der Waals surface area contributed by atoms with Crippen LogP contribution in [0.25, 0.3) is 10.2 Å². The van der Waals surface area contributed by atoms with E-state index in [0.29, 0.717) is 23.7 Å². The lowest BCUT2D eigenvalue weighted by atomic mass is 9.89. The second kappa shape index (κ2) is 8.86. The number of H-pyrrole nitrogens is 1. The fourth-order valence-electron chi connectivity index (χ4n) is 3.43. The fraction of sp³-hybridized carbons (Fsp3) is 0.600. The Hall–Kier alpha value is -2.22. The second-order valence-electron chi connectivity index (χ2n) is 7.47. The SMILES string of the molecule is CCCNC(=O)[C@@H](C)OC(=O)CCc1nc2sc3c(c2c(=O)[nH]1)CC[C@H](C)C3. The van der Waals surface area contributed by atoms with Gasteiger partial charge in [0.2, 0.25) is 0 Å². The topological polar surface area (TPSA) is 101 Å². The Balaban J connectivity index is 1.64. The van der Waals surface area contributed by atoms with E-state index in [2.05, 4.69) is 22.2 Å². The molecule has 152 valence electrons. The van der Waals surface area contributed by atoms with Crippen molar-refractivity contribution in [2.75, 3.05) is 6.54 Å². The number of hydrogen-bond acceptors (Lipinski definition) is 6. The van der Waals surface area contributed by atoms with Gasteiger partial charge in [-0.15, -0.1) is 11.3 Å². The van der Waals surface area contributed by atoms with E-state index in [1.54, 1.807) is 18.3 Å². The number of thiophene rings is 1. The van der Waals surface area contributed by atoms with Crippen molar-refractivity contribution < 1.29 is 14.3 Å². The third-order valence-corrected chi connectivity index (χ3v) is 6.16. The number of aryl methyl sites for hydroxylation is 2. The summed E-state index contributed by atoms with van der Waals surface area (Å²) in [5.74, 6) is 0.317. The number of aromatic amines is 1. The molecule has 2 heterocycles. The molecule has 2 N–H and O–H groups in total. The van der Waals surface area contributed by atoms with Crippen molar-refractivity contribution in [1.82, 2.24) is 15.3 Å². The number of hydrogen-bond donors (Lipinski definition) is 2. The summed E-state index contributed by atoms with van der Waals surface area (Å²) < 4.78 is 5.16. The second-order valence-corrected chi connectivity index (χ2v) is 8.55. The highest BCUT2D eigenvalue weighted by molar-refractivity contribution is 7.18. The Kier molecular flexibility index (Phi) is 6.49. The normalized spacial score (nSPS) is 17.2. The van der Waals surface area contributed by atoms with Crippen LogP contribution in [0.15, 0.2) is 4.79 Å². The number of aromatic nitrogens is 2. The molecule has 0 spiro atoms. The lowest BCUT2D eigenvalue weighted by molar-refractivity contribution is -0.154. The van der Waals surface area contributed by atoms with Gasteiger partial charge in [-0.3, -0.25) is 14.4 Å². The Morgan fingerprint density at radius 3 is 2.96 bits per heavy atom. The number of fused-ring (bicyclic) bond motifs is 3. The minimum Gasteiger partial charge on any atom is -0.453 e. The predicted octanol–water partition coefficient (Wildman–Crippen LogP) is 2.50. The molecule has 28 heavy (non-hydrogen) atoms. The Morgan fingerprint density at radius 2 is 2.21 bits per heavy atom. The smallest absolute Gasteiger partial charge is 0.307 e. The Bertz CT molecular complexity index is 933. The van der Waals surface area contributed by atoms with Crippen molar-refractivity contribution in [3.63, 3.8) is 0 Å². The zero-order chi connectivity index (χ0) is 20.3. The highest BCUT2D eigenvalue weighted by Crippen LogP contribution is 2.35. The quantitative estimate of drug-likeness (QED) is 0.689. The molecule has 8 heteroatoms. The zero-order valence-electron chi connectivity index (χ0n) is 16.6. The van der Waals surface area contributed by atoms with Crippen molar-refractivity contribution in [3.8, 4) is 0 Å². The van der Waals surface area contributed by atoms with Crippen LogP contribution in [0.2, 0.25) is 0 Å². The van der Waals surface area contributed by atoms with Crippen molar-refractivity contribution in [1.29, 1.82) is 0 Å². The van der Waals surface area contributed by atoms with Gasteiger partial charge in [0.15, 0.2) is 6.10 Å². The number of ether oxygens (including phenoxy) is 1. The Labute approximate surface area is 167 Å². The van der Waals surface area contributed by atoms with Gasteiger partial charge in [-0.2, -0.15) is 0 Å². The first kappa shape index (κ1) is 20.5. The van der Waals surface area contributed by atoms with Crippen LogP contribution < -0.4 is 10.9 Å². The molecular formula is C20H27N3O4S. The van der Waals surface area contributed by atoms with Gasteiger partial charge in [0.25, 0.3) is 11.5 Å². The van der Waals surface area contributed by atoms with Crippen molar-refractivity contribution in [2.45, 2.75) is 65.4 Å². The first-order valence-corrected chi connectivity index (χ1v) is 10.7. The molecule has 2 aromatic heterocycles. The highest BCUT2D eigenvalue weighted by Gasteiger charge is 2.23. The van der Waals surface area contributed by atoms with Crippen LogP contribution in [-0.2, 0) is 33.6 Å². The van der Waals surface area contributed by atoms with Gasteiger partial charge in [0.05, 0.1) is 11.8 Å². The maximum Gasteiger partial charge on any atom is 0.307 e. The fourth-order valence-corrected chi connectivity index (χ4v) is 4.84. The number of amides is 1. The molecule has 0 aromatic carbocycles. The minimum atomic E-state index is -0.834. The lowest BCUT2D eigenvalue weighted by Gasteiger charge is -2.17. The summed E-state index contributed by atoms with van der Waals surface area (Å²) >= 11 is 1.59. The van der Waals surface area contributed by atoms with Gasteiger partial charge >= 0.3 is 5.97 Å². The van der Waals surface area contributed by atoms with Gasteiger partial charge in [-0.25, -0.2) is 4.98 Å². The molecule has 0 unspecified atom stereocenters. The van der Waals surface area contributed by atoms with E-state index in [-0.39, 0.29) is 24.3 Å². The summed E-state index contributed by atoms with van der Waals surface area (Å²) in [6.45, 7) is 6.28. The molecule has 0 saturated heterocycles. The highest BCUT2D eigenvalue weighted by atomic mass is 32.1. The van der Waals surface area contributed by atoms with Gasteiger partial charge in [0, 0.05) is 17.8 Å². The van der Waals surface area contributed by atoms with E-state index in [1.165, 1.54) is 4.88 Å². The van der Waals surface area contributed by atoms with Crippen LogP contribution in [0.4, 0.5) is 0 Å². The van der Waals surface area contributed by atoms with E-state index in [4.69, 9.17) is 4.74 Å². The molecule has 0 saturated carbocycles. The molecule has 3 rings (SSSR count). The van der Waals surface area contributed by atoms with Crippen molar-refractivity contribution in [3.05, 3.63) is 26.6 Å². The first-order chi connectivity index (χ1) is 13.4. The number of nitrogens with one attached hydrogen (secondary N) is 2. The molecule has 0 aliphatic heterocycles. The van der Waals surface area contributed by atoms with Gasteiger partial charge in [-0.05, 0) is 44.1 Å². The van der Waals surface area contributed by atoms with Crippen LogP contribution >= 0.6 is 11.3 Å². The molecule has 2 atom stereocenters. The van der Waals surface area contributed by atoms with E-state index < -0.39 is 12.1 Å². The van der Waals surface area contributed by atoms with Crippen LogP contribution in [0.5, 0.6) is 0 Å². The van der Waals surface area contributed by atoms with Crippen LogP contribution in [0.1, 0.15) is 56.3 Å². The standard InChI is InChI=1S/C20H27N3O4S/c1-4-9-21-18(25)12(3)27-16(24)8-7-15-22-19(26)17-13-6-5-11(2)10-14(13)28-20(17)23-15/h11-12H,4-10H2,1-3H3,(H,21,25)(H,22,23,26)/t11-,12+/m0/s1. The predicted molar refractivity (Wildman–Crippen MR) is 109 cm³/mol. The van der Waals surface area contributed by atoms with E-state index in [1.807, 2.05) is 6.92 Å². The van der Waals surface area contributed by atoms with E-state index in [0.717, 1.165) is 36.1 Å². The summed E-state index contributed by atoms with van der Waals surface area (Å²) in [6, 6.07) is 0. The summed E-state index contributed by atoms with van der Waals surface area (Å²) in [6.07, 6.45) is 3.32. The van der Waals surface area contributed by atoms with Gasteiger partial charge in [-0.1, -0.05) is 13.8 Å². The molecule has 0 bridgehead atoms. The third kappa shape index (κ3) is 4.60. The molecule has 1 aliphatic carbocycles. The lowest BCUT2D eigenvalue weighted by Crippen LogP contribution is -2.36. The summed E-state index contributed by atoms with van der Waals surface area (Å²) in [5, 5.41) is 3.40. The van der Waals surface area contributed by atoms with E-state index in [9.17, 15) is 14.4 Å². The van der Waals surface area contributed by atoms with Gasteiger partial charge in [0.1, 0.15) is 10.7 Å². The molecule has 7 nitrogen and oxygen atoms in total. The molecule has 1 aliphatic rings. The van der Waals surface area contributed by atoms with Crippen molar-refractivity contribution in [2.24, 2.45) is 5.92 Å². The van der Waals surface area contributed by atoms with Crippen LogP contribution in [0.3, 0.4) is 0 Å². The van der Waals surface area contributed by atoms with E-state index >= 15 is 0 Å². The van der Waals surface area contributed by atoms with Crippen LogP contribution in [-0.4, -0.2) is 34.5 Å². The molecule has 0 radical (unpaired) electrons. The Morgan fingerprint density at radius 1 is 1.43 bits per heavy atom. The number of carbonyl (C=O) groups is 2.